The van der Waals surface area contributed by atoms with Crippen LogP contribution in [0, 0.1) is 0 Å². The van der Waals surface area contributed by atoms with Crippen LogP contribution in [0.5, 0.6) is 0 Å². The molecule has 0 saturated heterocycles. The van der Waals surface area contributed by atoms with Gasteiger partial charge in [-0.3, -0.25) is 4.79 Å². The normalized spacial score (nSPS) is 11.4. The molecular weight excluding hydrogens is 481 g/mol. The summed E-state index contributed by atoms with van der Waals surface area (Å²) in [5.74, 6) is 0.892. The van der Waals surface area contributed by atoms with Crippen molar-refractivity contribution in [3.8, 4) is 0 Å². The maximum absolute atomic E-state index is 12.4. The Balaban J connectivity index is 1.19. The summed E-state index contributed by atoms with van der Waals surface area (Å²) in [6, 6.07) is 28.8. The van der Waals surface area contributed by atoms with E-state index in [2.05, 4.69) is 63.2 Å². The van der Waals surface area contributed by atoms with Crippen molar-refractivity contribution >= 4 is 68.5 Å². The van der Waals surface area contributed by atoms with E-state index < -0.39 is 0 Å². The molecule has 0 aliphatic heterocycles. The summed E-state index contributed by atoms with van der Waals surface area (Å²) in [7, 11) is 0. The van der Waals surface area contributed by atoms with Crippen molar-refractivity contribution in [3.63, 3.8) is 0 Å². The molecule has 0 bridgehead atoms. The molecule has 1 aromatic heterocycles. The second-order valence-electron chi connectivity index (χ2n) is 7.42. The van der Waals surface area contributed by atoms with Crippen LogP contribution >= 0.6 is 34.9 Å². The van der Waals surface area contributed by atoms with Crippen molar-refractivity contribution in [1.29, 1.82) is 0 Å². The fourth-order valence-electron chi connectivity index (χ4n) is 3.55. The maximum atomic E-state index is 12.4. The molecular formula is C26H20N4OS3. The van der Waals surface area contributed by atoms with Gasteiger partial charge in [0.25, 0.3) is 5.91 Å². The Bertz CT molecular complexity index is 1410. The van der Waals surface area contributed by atoms with E-state index in [1.165, 1.54) is 28.7 Å². The molecule has 0 radical (unpaired) electrons. The number of hydrogen-bond donors (Lipinski definition) is 1. The molecule has 0 spiro atoms. The van der Waals surface area contributed by atoms with Crippen LogP contribution in [-0.2, 0) is 10.5 Å². The SMILES string of the molecule is O=C(CSc1nnc(SCc2ccccc2)s1)NN=Cc1c2ccccc2cc2ccccc12. The van der Waals surface area contributed by atoms with Crippen molar-refractivity contribution in [3.05, 3.63) is 96.1 Å². The van der Waals surface area contributed by atoms with E-state index in [1.807, 2.05) is 42.5 Å². The number of aromatic nitrogens is 2. The molecule has 34 heavy (non-hydrogen) atoms. The van der Waals surface area contributed by atoms with E-state index in [-0.39, 0.29) is 11.7 Å². The molecule has 168 valence electrons. The first-order valence-corrected chi connectivity index (χ1v) is 13.4. The van der Waals surface area contributed by atoms with E-state index in [1.54, 1.807) is 18.0 Å². The highest BCUT2D eigenvalue weighted by Crippen LogP contribution is 2.30. The van der Waals surface area contributed by atoms with Crippen LogP contribution in [0.1, 0.15) is 11.1 Å². The molecule has 0 atom stereocenters. The summed E-state index contributed by atoms with van der Waals surface area (Å²) in [4.78, 5) is 12.4. The molecule has 5 rings (SSSR count). The summed E-state index contributed by atoms with van der Waals surface area (Å²) >= 11 is 4.52. The van der Waals surface area contributed by atoms with E-state index in [0.29, 0.717) is 0 Å². The zero-order chi connectivity index (χ0) is 23.2. The third-order valence-corrected chi connectivity index (χ3v) is 8.38. The molecule has 0 unspecified atom stereocenters. The number of hydrazone groups is 1. The molecule has 0 saturated carbocycles. The van der Waals surface area contributed by atoms with Crippen molar-refractivity contribution in [1.82, 2.24) is 15.6 Å². The second-order valence-corrected chi connectivity index (χ2v) is 10.8. The zero-order valence-electron chi connectivity index (χ0n) is 18.0. The van der Waals surface area contributed by atoms with Gasteiger partial charge in [0.1, 0.15) is 0 Å². The first-order valence-electron chi connectivity index (χ1n) is 10.6. The Hall–Kier alpha value is -3.20. The Morgan fingerprint density at radius 3 is 2.18 bits per heavy atom. The number of nitrogens with one attached hydrogen (secondary N) is 1. The third-order valence-electron chi connectivity index (χ3n) is 5.12. The highest BCUT2D eigenvalue weighted by molar-refractivity contribution is 8.03. The predicted molar refractivity (Wildman–Crippen MR) is 144 cm³/mol. The minimum absolute atomic E-state index is 0.181. The number of carbonyl (C=O) groups is 1. The van der Waals surface area contributed by atoms with E-state index >= 15 is 0 Å². The number of nitrogens with zero attached hydrogens (tertiary/aromatic N) is 3. The first kappa shape index (κ1) is 22.6. The van der Waals surface area contributed by atoms with Crippen molar-refractivity contribution < 1.29 is 4.79 Å². The van der Waals surface area contributed by atoms with Crippen molar-refractivity contribution in [2.75, 3.05) is 5.75 Å². The summed E-state index contributed by atoms with van der Waals surface area (Å²) in [5.41, 5.74) is 4.88. The Labute approximate surface area is 209 Å². The molecule has 0 aliphatic carbocycles. The second kappa shape index (κ2) is 10.8. The van der Waals surface area contributed by atoms with Gasteiger partial charge in [0.2, 0.25) is 0 Å². The van der Waals surface area contributed by atoms with E-state index in [0.717, 1.165) is 41.5 Å². The van der Waals surface area contributed by atoms with E-state index in [4.69, 9.17) is 0 Å². The topological polar surface area (TPSA) is 67.2 Å². The van der Waals surface area contributed by atoms with Crippen molar-refractivity contribution in [2.45, 2.75) is 14.4 Å². The lowest BCUT2D eigenvalue weighted by Crippen LogP contribution is -2.19. The molecule has 4 aromatic carbocycles. The molecule has 1 heterocycles. The van der Waals surface area contributed by atoms with Crippen LogP contribution < -0.4 is 5.43 Å². The predicted octanol–water partition coefficient (Wildman–Crippen LogP) is 6.38. The number of hydrogen-bond acceptors (Lipinski definition) is 7. The van der Waals surface area contributed by atoms with Gasteiger partial charge in [0, 0.05) is 11.3 Å². The van der Waals surface area contributed by atoms with Gasteiger partial charge in [-0.05, 0) is 33.2 Å². The maximum Gasteiger partial charge on any atom is 0.250 e. The lowest BCUT2D eigenvalue weighted by atomic mass is 9.97. The molecule has 5 nitrogen and oxygen atoms in total. The van der Waals surface area contributed by atoms with Crippen molar-refractivity contribution in [2.24, 2.45) is 5.10 Å². The molecule has 0 aliphatic rings. The Morgan fingerprint density at radius 2 is 1.47 bits per heavy atom. The standard InChI is InChI=1S/C26H20N4OS3/c31-24(17-33-26-30-29-25(34-26)32-16-18-8-2-1-3-9-18)28-27-15-23-21-12-6-4-10-19(21)14-20-11-5-7-13-22(20)23/h1-15H,16-17H2,(H,28,31). The summed E-state index contributed by atoms with van der Waals surface area (Å²) < 4.78 is 1.67. The third kappa shape index (κ3) is 5.47. The lowest BCUT2D eigenvalue weighted by molar-refractivity contribution is -0.118. The summed E-state index contributed by atoms with van der Waals surface area (Å²) in [6.45, 7) is 0. The minimum atomic E-state index is -0.181. The van der Waals surface area contributed by atoms with Crippen LogP contribution in [0.4, 0.5) is 0 Å². The number of thioether (sulfide) groups is 2. The van der Waals surface area contributed by atoms with Crippen LogP contribution in [0.3, 0.4) is 0 Å². The average Bonchev–Trinajstić information content (AvgIpc) is 3.34. The largest absolute Gasteiger partial charge is 0.272 e. The molecule has 0 fully saturated rings. The Kier molecular flexibility index (Phi) is 7.19. The van der Waals surface area contributed by atoms with Crippen LogP contribution in [0.15, 0.2) is 98.7 Å². The Morgan fingerprint density at radius 1 is 0.853 bits per heavy atom. The van der Waals surface area contributed by atoms with E-state index in [9.17, 15) is 4.79 Å². The monoisotopic (exact) mass is 500 g/mol. The van der Waals surface area contributed by atoms with Gasteiger partial charge in [0.15, 0.2) is 8.68 Å². The highest BCUT2D eigenvalue weighted by atomic mass is 32.2. The minimum Gasteiger partial charge on any atom is -0.272 e. The van der Waals surface area contributed by atoms with Gasteiger partial charge in [-0.1, -0.05) is 114 Å². The number of rotatable bonds is 8. The molecule has 1 amide bonds. The number of carbonyl (C=O) groups excluding carboxylic acids is 1. The number of fused-ring (bicyclic) bond motifs is 2. The quantitative estimate of drug-likeness (QED) is 0.116. The average molecular weight is 501 g/mol. The first-order chi connectivity index (χ1) is 16.8. The number of amides is 1. The fourth-order valence-corrected chi connectivity index (χ4v) is 6.32. The van der Waals surface area contributed by atoms with Gasteiger partial charge in [-0.2, -0.15) is 5.10 Å². The zero-order valence-corrected chi connectivity index (χ0v) is 20.5. The van der Waals surface area contributed by atoms with Gasteiger partial charge >= 0.3 is 0 Å². The van der Waals surface area contributed by atoms with Crippen LogP contribution in [0.2, 0.25) is 0 Å². The molecule has 5 aromatic rings. The van der Waals surface area contributed by atoms with Crippen LogP contribution in [-0.4, -0.2) is 28.1 Å². The van der Waals surface area contributed by atoms with Gasteiger partial charge in [0.05, 0.1) is 12.0 Å². The van der Waals surface area contributed by atoms with Gasteiger partial charge in [-0.25, -0.2) is 5.43 Å². The fraction of sp³-hybridized carbons (Fsp3) is 0.0769. The number of benzene rings is 4. The summed E-state index contributed by atoms with van der Waals surface area (Å²) in [5, 5.41) is 17.1. The highest BCUT2D eigenvalue weighted by Gasteiger charge is 2.09. The summed E-state index contributed by atoms with van der Waals surface area (Å²) in [6.07, 6.45) is 1.73. The van der Waals surface area contributed by atoms with Gasteiger partial charge in [-0.15, -0.1) is 10.2 Å². The molecule has 1 N–H and O–H groups in total. The van der Waals surface area contributed by atoms with Crippen LogP contribution in [0.25, 0.3) is 21.5 Å². The lowest BCUT2D eigenvalue weighted by Gasteiger charge is -2.07. The smallest absolute Gasteiger partial charge is 0.250 e. The molecule has 8 heteroatoms. The van der Waals surface area contributed by atoms with Gasteiger partial charge < -0.3 is 0 Å².